The highest BCUT2D eigenvalue weighted by atomic mass is 15.4. The van der Waals surface area contributed by atoms with E-state index in [1.54, 1.807) is 0 Å². The molecule has 0 saturated heterocycles. The topological polar surface area (TPSA) is 41.6 Å². The van der Waals surface area contributed by atoms with Crippen LogP contribution in [-0.4, -0.2) is 29.0 Å². The summed E-state index contributed by atoms with van der Waals surface area (Å²) in [6, 6.07) is 0.721. The van der Waals surface area contributed by atoms with E-state index in [1.165, 1.54) is 44.9 Å². The molecule has 0 aromatic heterocycles. The molecule has 2 unspecified atom stereocenters. The smallest absolute Gasteiger partial charge is 0.192 e. The first-order chi connectivity index (χ1) is 7.78. The number of nitrogens with zero attached hydrogens (tertiary/aromatic N) is 2. The van der Waals surface area contributed by atoms with Gasteiger partial charge in [-0.25, -0.2) is 0 Å². The van der Waals surface area contributed by atoms with Crippen LogP contribution < -0.4 is 5.73 Å². The third kappa shape index (κ3) is 1.36. The van der Waals surface area contributed by atoms with E-state index < -0.39 is 0 Å². The van der Waals surface area contributed by atoms with Crippen LogP contribution in [0.25, 0.3) is 0 Å². The van der Waals surface area contributed by atoms with Crippen molar-refractivity contribution in [2.45, 2.75) is 63.5 Å². The molecule has 2 N–H and O–H groups in total. The number of nitrogens with two attached hydrogens (primary N) is 1. The lowest BCUT2D eigenvalue weighted by atomic mass is 9.70. The Kier molecular flexibility index (Phi) is 2.37. The molecule has 1 heterocycles. The van der Waals surface area contributed by atoms with E-state index in [2.05, 4.69) is 16.8 Å². The first-order valence-corrected chi connectivity index (χ1v) is 6.87. The summed E-state index contributed by atoms with van der Waals surface area (Å²) in [6.07, 6.45) is 9.39. The Hall–Kier alpha value is -0.730. The van der Waals surface area contributed by atoms with Gasteiger partial charge in [0, 0.05) is 6.04 Å². The summed E-state index contributed by atoms with van der Waals surface area (Å²) in [7, 11) is 0. The molecule has 2 aliphatic carbocycles. The molecular formula is C13H23N3. The van der Waals surface area contributed by atoms with Gasteiger partial charge in [-0.2, -0.15) is 0 Å². The molecule has 0 aromatic rings. The molecule has 3 heteroatoms. The van der Waals surface area contributed by atoms with Gasteiger partial charge in [0.25, 0.3) is 0 Å². The molecule has 90 valence electrons. The first kappa shape index (κ1) is 10.4. The van der Waals surface area contributed by atoms with Crippen molar-refractivity contribution in [3.05, 3.63) is 0 Å². The fourth-order valence-electron chi connectivity index (χ4n) is 3.89. The van der Waals surface area contributed by atoms with E-state index in [9.17, 15) is 0 Å². The number of hydrogen-bond donors (Lipinski definition) is 1. The van der Waals surface area contributed by atoms with Crippen LogP contribution in [0.2, 0.25) is 0 Å². The summed E-state index contributed by atoms with van der Waals surface area (Å²) in [6.45, 7) is 3.30. The van der Waals surface area contributed by atoms with Gasteiger partial charge in [-0.1, -0.05) is 26.2 Å². The predicted molar refractivity (Wildman–Crippen MR) is 66.3 cm³/mol. The second-order valence-electron chi connectivity index (χ2n) is 5.73. The molecule has 0 amide bonds. The van der Waals surface area contributed by atoms with Gasteiger partial charge in [0.15, 0.2) is 5.96 Å². The molecule has 2 fully saturated rings. The SMILES string of the molecule is CCC1CCCCC12CN=C(N)N2C1CC1. The van der Waals surface area contributed by atoms with Gasteiger partial charge >= 0.3 is 0 Å². The molecule has 1 spiro atoms. The molecule has 2 atom stereocenters. The van der Waals surface area contributed by atoms with Crippen molar-refractivity contribution >= 4 is 5.96 Å². The molecular weight excluding hydrogens is 198 g/mol. The summed E-state index contributed by atoms with van der Waals surface area (Å²) in [4.78, 5) is 7.09. The quantitative estimate of drug-likeness (QED) is 0.776. The molecule has 16 heavy (non-hydrogen) atoms. The maximum atomic E-state index is 6.12. The van der Waals surface area contributed by atoms with E-state index in [4.69, 9.17) is 5.73 Å². The second-order valence-corrected chi connectivity index (χ2v) is 5.73. The van der Waals surface area contributed by atoms with Gasteiger partial charge in [0.1, 0.15) is 0 Å². The van der Waals surface area contributed by atoms with Crippen LogP contribution >= 0.6 is 0 Å². The summed E-state index contributed by atoms with van der Waals surface area (Å²) in [5.74, 6) is 1.65. The minimum absolute atomic E-state index is 0.318. The van der Waals surface area contributed by atoms with Crippen LogP contribution in [0.5, 0.6) is 0 Å². The average molecular weight is 221 g/mol. The van der Waals surface area contributed by atoms with Crippen molar-refractivity contribution in [1.82, 2.24) is 4.90 Å². The second kappa shape index (κ2) is 3.64. The van der Waals surface area contributed by atoms with Crippen LogP contribution in [0.1, 0.15) is 51.9 Å². The van der Waals surface area contributed by atoms with Crippen LogP contribution in [-0.2, 0) is 0 Å². The van der Waals surface area contributed by atoms with E-state index in [-0.39, 0.29) is 0 Å². The number of rotatable bonds is 2. The third-order valence-electron chi connectivity index (χ3n) is 4.82. The lowest BCUT2D eigenvalue weighted by Gasteiger charge is -2.48. The Morgan fingerprint density at radius 1 is 1.38 bits per heavy atom. The zero-order chi connectivity index (χ0) is 11.2. The first-order valence-electron chi connectivity index (χ1n) is 6.87. The maximum absolute atomic E-state index is 6.12. The normalized spacial score (nSPS) is 39.2. The van der Waals surface area contributed by atoms with E-state index in [1.807, 2.05) is 0 Å². The van der Waals surface area contributed by atoms with Crippen LogP contribution in [0.15, 0.2) is 4.99 Å². The molecule has 2 saturated carbocycles. The van der Waals surface area contributed by atoms with Crippen LogP contribution in [0, 0.1) is 5.92 Å². The molecule has 3 rings (SSSR count). The Morgan fingerprint density at radius 2 is 2.19 bits per heavy atom. The molecule has 3 aliphatic rings. The van der Waals surface area contributed by atoms with E-state index in [0.29, 0.717) is 5.54 Å². The van der Waals surface area contributed by atoms with Gasteiger partial charge in [0.2, 0.25) is 0 Å². The molecule has 0 aromatic carbocycles. The lowest BCUT2D eigenvalue weighted by molar-refractivity contribution is 0.0648. The Balaban J connectivity index is 1.89. The van der Waals surface area contributed by atoms with Crippen molar-refractivity contribution in [3.8, 4) is 0 Å². The summed E-state index contributed by atoms with van der Waals surface area (Å²) in [5.41, 5.74) is 6.44. The maximum Gasteiger partial charge on any atom is 0.192 e. The lowest BCUT2D eigenvalue weighted by Crippen LogP contribution is -2.58. The minimum Gasteiger partial charge on any atom is -0.370 e. The predicted octanol–water partition coefficient (Wildman–Crippen LogP) is 2.12. The van der Waals surface area contributed by atoms with E-state index in [0.717, 1.165) is 24.5 Å². The summed E-state index contributed by atoms with van der Waals surface area (Å²) >= 11 is 0. The van der Waals surface area contributed by atoms with Gasteiger partial charge in [0.05, 0.1) is 12.1 Å². The van der Waals surface area contributed by atoms with Crippen LogP contribution in [0.3, 0.4) is 0 Å². The standard InChI is InChI=1S/C13H23N3/c1-2-10-5-3-4-8-13(10)9-15-12(14)16(13)11-6-7-11/h10-11H,2-9H2,1H3,(H2,14,15). The van der Waals surface area contributed by atoms with Gasteiger partial charge in [-0.05, 0) is 31.6 Å². The highest BCUT2D eigenvalue weighted by molar-refractivity contribution is 5.81. The Morgan fingerprint density at radius 3 is 2.88 bits per heavy atom. The number of hydrogen-bond acceptors (Lipinski definition) is 3. The van der Waals surface area contributed by atoms with Crippen molar-refractivity contribution in [2.75, 3.05) is 6.54 Å². The van der Waals surface area contributed by atoms with Crippen molar-refractivity contribution in [3.63, 3.8) is 0 Å². The van der Waals surface area contributed by atoms with Gasteiger partial charge in [-0.3, -0.25) is 4.99 Å². The zero-order valence-corrected chi connectivity index (χ0v) is 10.3. The molecule has 0 bridgehead atoms. The minimum atomic E-state index is 0.318. The van der Waals surface area contributed by atoms with Crippen molar-refractivity contribution in [1.29, 1.82) is 0 Å². The van der Waals surface area contributed by atoms with E-state index >= 15 is 0 Å². The fourth-order valence-corrected chi connectivity index (χ4v) is 3.89. The largest absolute Gasteiger partial charge is 0.370 e. The summed E-state index contributed by atoms with van der Waals surface area (Å²) in [5, 5.41) is 0. The fraction of sp³-hybridized carbons (Fsp3) is 0.923. The van der Waals surface area contributed by atoms with Crippen LogP contribution in [0.4, 0.5) is 0 Å². The van der Waals surface area contributed by atoms with Crippen molar-refractivity contribution in [2.24, 2.45) is 16.6 Å². The Bertz CT molecular complexity index is 308. The highest BCUT2D eigenvalue weighted by Gasteiger charge is 2.52. The van der Waals surface area contributed by atoms with Gasteiger partial charge in [-0.15, -0.1) is 0 Å². The molecule has 3 nitrogen and oxygen atoms in total. The number of guanidine groups is 1. The van der Waals surface area contributed by atoms with Gasteiger partial charge < -0.3 is 10.6 Å². The average Bonchev–Trinajstić information content (AvgIpc) is 3.07. The monoisotopic (exact) mass is 221 g/mol. The Labute approximate surface area is 98.1 Å². The highest BCUT2D eigenvalue weighted by Crippen LogP contribution is 2.47. The molecule has 1 aliphatic heterocycles. The summed E-state index contributed by atoms with van der Waals surface area (Å²) < 4.78 is 0. The number of aliphatic imine (C=N–C) groups is 1. The van der Waals surface area contributed by atoms with Crippen molar-refractivity contribution < 1.29 is 0 Å². The third-order valence-corrected chi connectivity index (χ3v) is 4.82. The zero-order valence-electron chi connectivity index (χ0n) is 10.3. The molecule has 0 radical (unpaired) electrons.